The average molecular weight is 205 g/mol. The first-order chi connectivity index (χ1) is 6.52. The van der Waals surface area contributed by atoms with Crippen LogP contribution in [0.15, 0.2) is 0 Å². The van der Waals surface area contributed by atoms with E-state index in [9.17, 15) is 8.78 Å². The molecule has 1 heterocycles. The van der Waals surface area contributed by atoms with Crippen molar-refractivity contribution in [1.82, 2.24) is 4.90 Å². The summed E-state index contributed by atoms with van der Waals surface area (Å²) in [7, 11) is 2.08. The Morgan fingerprint density at radius 2 is 1.93 bits per heavy atom. The predicted molar refractivity (Wildman–Crippen MR) is 54.6 cm³/mol. The Bertz CT molecular complexity index is 171. The van der Waals surface area contributed by atoms with Crippen LogP contribution in [0.2, 0.25) is 0 Å². The van der Waals surface area contributed by atoms with Crippen LogP contribution >= 0.6 is 0 Å². The summed E-state index contributed by atoms with van der Waals surface area (Å²) in [5.41, 5.74) is 0. The molecule has 0 aromatic rings. The molecule has 0 aliphatic carbocycles. The van der Waals surface area contributed by atoms with Crippen molar-refractivity contribution in [2.75, 3.05) is 7.05 Å². The van der Waals surface area contributed by atoms with E-state index in [1.165, 1.54) is 6.42 Å². The van der Waals surface area contributed by atoms with E-state index in [0.29, 0.717) is 24.4 Å². The van der Waals surface area contributed by atoms with Crippen molar-refractivity contribution >= 4 is 0 Å². The van der Waals surface area contributed by atoms with Crippen LogP contribution in [0.5, 0.6) is 0 Å². The first kappa shape index (κ1) is 11.9. The lowest BCUT2D eigenvalue weighted by Crippen LogP contribution is -2.35. The van der Waals surface area contributed by atoms with E-state index < -0.39 is 6.43 Å². The Labute approximate surface area is 85.5 Å². The van der Waals surface area contributed by atoms with Gasteiger partial charge in [0.15, 0.2) is 0 Å². The van der Waals surface area contributed by atoms with Gasteiger partial charge in [-0.25, -0.2) is 8.78 Å². The molecule has 3 heteroatoms. The lowest BCUT2D eigenvalue weighted by Gasteiger charge is -2.28. The molecule has 0 amide bonds. The zero-order valence-electron chi connectivity index (χ0n) is 9.34. The third-order valence-electron chi connectivity index (χ3n) is 3.38. The third kappa shape index (κ3) is 2.91. The Morgan fingerprint density at radius 1 is 1.29 bits per heavy atom. The van der Waals surface area contributed by atoms with Crippen molar-refractivity contribution in [3.63, 3.8) is 0 Å². The van der Waals surface area contributed by atoms with Crippen molar-refractivity contribution < 1.29 is 8.78 Å². The number of hydrogen-bond donors (Lipinski definition) is 0. The summed E-state index contributed by atoms with van der Waals surface area (Å²) in [6, 6.07) is 0.981. The van der Waals surface area contributed by atoms with Gasteiger partial charge in [-0.1, -0.05) is 13.8 Å². The quantitative estimate of drug-likeness (QED) is 0.681. The van der Waals surface area contributed by atoms with Crippen molar-refractivity contribution in [1.29, 1.82) is 0 Å². The molecule has 2 atom stereocenters. The summed E-state index contributed by atoms with van der Waals surface area (Å²) in [5.74, 6) is 0.636. The van der Waals surface area contributed by atoms with Gasteiger partial charge in [-0.2, -0.15) is 0 Å². The van der Waals surface area contributed by atoms with Crippen molar-refractivity contribution in [3.05, 3.63) is 0 Å². The van der Waals surface area contributed by atoms with Gasteiger partial charge in [-0.15, -0.1) is 0 Å². The van der Waals surface area contributed by atoms with Gasteiger partial charge in [0.2, 0.25) is 6.43 Å². The van der Waals surface area contributed by atoms with Crippen LogP contribution in [0.3, 0.4) is 0 Å². The SMILES string of the molecule is CC(C)C1CCC(CCC(F)F)N1C. The Hall–Kier alpha value is -0.180. The van der Waals surface area contributed by atoms with Gasteiger partial charge in [0, 0.05) is 18.5 Å². The Morgan fingerprint density at radius 3 is 2.36 bits per heavy atom. The molecule has 0 radical (unpaired) electrons. The first-order valence-corrected chi connectivity index (χ1v) is 5.52. The molecule has 0 N–H and O–H groups in total. The van der Waals surface area contributed by atoms with Crippen LogP contribution in [-0.4, -0.2) is 30.5 Å². The summed E-state index contributed by atoms with van der Waals surface area (Å²) in [5, 5.41) is 0. The largest absolute Gasteiger partial charge is 0.300 e. The predicted octanol–water partition coefficient (Wildman–Crippen LogP) is 3.15. The molecule has 0 aromatic carbocycles. The van der Waals surface area contributed by atoms with E-state index in [1.807, 2.05) is 0 Å². The van der Waals surface area contributed by atoms with Crippen LogP contribution in [0, 0.1) is 5.92 Å². The molecule has 0 aromatic heterocycles. The maximum absolute atomic E-state index is 12.1. The van der Waals surface area contributed by atoms with Gasteiger partial charge >= 0.3 is 0 Å². The van der Waals surface area contributed by atoms with Crippen LogP contribution in [-0.2, 0) is 0 Å². The minimum absolute atomic E-state index is 0.0554. The number of halogens is 2. The normalized spacial score (nSPS) is 29.4. The second-order valence-electron chi connectivity index (χ2n) is 4.68. The number of likely N-dealkylation sites (tertiary alicyclic amines) is 1. The summed E-state index contributed by atoms with van der Waals surface area (Å²) in [6.07, 6.45) is 0.826. The molecule has 14 heavy (non-hydrogen) atoms. The van der Waals surface area contributed by atoms with Crippen LogP contribution in [0.25, 0.3) is 0 Å². The van der Waals surface area contributed by atoms with Crippen LogP contribution in [0.4, 0.5) is 8.78 Å². The highest BCUT2D eigenvalue weighted by molar-refractivity contribution is 4.86. The number of rotatable bonds is 4. The van der Waals surface area contributed by atoms with E-state index in [-0.39, 0.29) is 6.42 Å². The van der Waals surface area contributed by atoms with Crippen molar-refractivity contribution in [3.8, 4) is 0 Å². The summed E-state index contributed by atoms with van der Waals surface area (Å²) < 4.78 is 24.1. The zero-order valence-corrected chi connectivity index (χ0v) is 9.34. The summed E-state index contributed by atoms with van der Waals surface area (Å²) in [6.45, 7) is 4.41. The van der Waals surface area contributed by atoms with Crippen LogP contribution < -0.4 is 0 Å². The molecule has 0 saturated carbocycles. The number of alkyl halides is 2. The molecule has 2 unspecified atom stereocenters. The van der Waals surface area contributed by atoms with Gasteiger partial charge in [-0.3, -0.25) is 0 Å². The lowest BCUT2D eigenvalue weighted by atomic mass is 10.0. The molecule has 1 saturated heterocycles. The average Bonchev–Trinajstić information content (AvgIpc) is 2.43. The molecule has 0 bridgehead atoms. The van der Waals surface area contributed by atoms with Gasteiger partial charge in [0.25, 0.3) is 0 Å². The molecular formula is C11H21F2N. The van der Waals surface area contributed by atoms with E-state index in [0.717, 1.165) is 6.42 Å². The maximum atomic E-state index is 12.1. The Kier molecular flexibility index (Phi) is 4.30. The highest BCUT2D eigenvalue weighted by atomic mass is 19.3. The molecule has 1 fully saturated rings. The van der Waals surface area contributed by atoms with Gasteiger partial charge in [-0.05, 0) is 32.2 Å². The second kappa shape index (κ2) is 5.06. The highest BCUT2D eigenvalue weighted by Gasteiger charge is 2.31. The van der Waals surface area contributed by atoms with E-state index >= 15 is 0 Å². The number of nitrogens with zero attached hydrogens (tertiary/aromatic N) is 1. The molecule has 1 aliphatic heterocycles. The maximum Gasteiger partial charge on any atom is 0.238 e. The zero-order chi connectivity index (χ0) is 10.7. The summed E-state index contributed by atoms with van der Waals surface area (Å²) >= 11 is 0. The smallest absolute Gasteiger partial charge is 0.238 e. The minimum atomic E-state index is -2.14. The lowest BCUT2D eigenvalue weighted by molar-refractivity contribution is 0.115. The topological polar surface area (TPSA) is 3.24 Å². The fourth-order valence-corrected chi connectivity index (χ4v) is 2.51. The number of hydrogen-bond acceptors (Lipinski definition) is 1. The molecule has 1 nitrogen and oxygen atoms in total. The van der Waals surface area contributed by atoms with Gasteiger partial charge in [0.1, 0.15) is 0 Å². The summed E-state index contributed by atoms with van der Waals surface area (Å²) in [4.78, 5) is 2.30. The molecule has 1 rings (SSSR count). The van der Waals surface area contributed by atoms with Gasteiger partial charge < -0.3 is 4.90 Å². The molecular weight excluding hydrogens is 184 g/mol. The molecule has 1 aliphatic rings. The van der Waals surface area contributed by atoms with Crippen LogP contribution in [0.1, 0.15) is 39.5 Å². The monoisotopic (exact) mass is 205 g/mol. The van der Waals surface area contributed by atoms with E-state index in [1.54, 1.807) is 0 Å². The van der Waals surface area contributed by atoms with Gasteiger partial charge in [0.05, 0.1) is 0 Å². The van der Waals surface area contributed by atoms with E-state index in [4.69, 9.17) is 0 Å². The Balaban J connectivity index is 2.35. The fraction of sp³-hybridized carbons (Fsp3) is 1.00. The minimum Gasteiger partial charge on any atom is -0.300 e. The fourth-order valence-electron chi connectivity index (χ4n) is 2.51. The standard InChI is InChI=1S/C11H21F2N/c1-8(2)10-6-4-9(14(10)3)5-7-11(12)13/h8-11H,4-7H2,1-3H3. The van der Waals surface area contributed by atoms with Crippen molar-refractivity contribution in [2.45, 2.75) is 58.0 Å². The first-order valence-electron chi connectivity index (χ1n) is 5.52. The second-order valence-corrected chi connectivity index (χ2v) is 4.68. The highest BCUT2D eigenvalue weighted by Crippen LogP contribution is 2.30. The molecule has 84 valence electrons. The third-order valence-corrected chi connectivity index (χ3v) is 3.38. The van der Waals surface area contributed by atoms with Crippen molar-refractivity contribution in [2.24, 2.45) is 5.92 Å². The van der Waals surface area contributed by atoms with E-state index in [2.05, 4.69) is 25.8 Å². The molecule has 0 spiro atoms.